The van der Waals surface area contributed by atoms with Crippen LogP contribution in [0, 0.1) is 13.8 Å². The van der Waals surface area contributed by atoms with Crippen LogP contribution >= 0.6 is 0 Å². The molecule has 5 nitrogen and oxygen atoms in total. The number of nitrogens with zero attached hydrogens (tertiary/aromatic N) is 3. The molecule has 1 aliphatic rings. The Balaban J connectivity index is 1.65. The molecule has 0 bridgehead atoms. The first kappa shape index (κ1) is 15.5. The van der Waals surface area contributed by atoms with Crippen LogP contribution in [0.3, 0.4) is 0 Å². The molecule has 0 aliphatic carbocycles. The number of hydrogen-bond acceptors (Lipinski definition) is 4. The van der Waals surface area contributed by atoms with E-state index in [2.05, 4.69) is 26.3 Å². The van der Waals surface area contributed by atoms with Gasteiger partial charge in [0.05, 0.1) is 6.54 Å². The molecule has 120 valence electrons. The highest BCUT2D eigenvalue weighted by Gasteiger charge is 2.14. The molecule has 0 saturated carbocycles. The third-order valence-electron chi connectivity index (χ3n) is 4.01. The Bertz CT molecular complexity index is 688. The lowest BCUT2D eigenvalue weighted by Crippen LogP contribution is -2.25. The largest absolute Gasteiger partial charge is 0.357 e. The van der Waals surface area contributed by atoms with Crippen LogP contribution in [-0.2, 0) is 6.54 Å². The molecule has 5 heteroatoms. The molecule has 1 aromatic heterocycles. The molecule has 1 aromatic carbocycles. The number of carbonyl (C=O) groups is 1. The number of aryl methyl sites for hydroxylation is 2. The van der Waals surface area contributed by atoms with E-state index in [1.807, 2.05) is 32.0 Å². The van der Waals surface area contributed by atoms with Crippen LogP contribution in [0.1, 0.15) is 40.2 Å². The van der Waals surface area contributed by atoms with Gasteiger partial charge in [-0.3, -0.25) is 4.79 Å². The summed E-state index contributed by atoms with van der Waals surface area (Å²) < 4.78 is 0. The summed E-state index contributed by atoms with van der Waals surface area (Å²) in [5, 5.41) is 2.91. The fraction of sp³-hybridized carbons (Fsp3) is 0.389. The molecule has 1 fully saturated rings. The first-order chi connectivity index (χ1) is 11.1. The van der Waals surface area contributed by atoms with E-state index in [1.54, 1.807) is 6.20 Å². The zero-order valence-electron chi connectivity index (χ0n) is 13.7. The van der Waals surface area contributed by atoms with E-state index in [-0.39, 0.29) is 5.91 Å². The SMILES string of the molecule is Cc1cc(C)cc(C(=O)NCc2nccc(N3CCCC3)n2)c1. The van der Waals surface area contributed by atoms with E-state index >= 15 is 0 Å². The number of hydrogen-bond donors (Lipinski definition) is 1. The number of benzene rings is 1. The summed E-state index contributed by atoms with van der Waals surface area (Å²) in [4.78, 5) is 23.4. The maximum absolute atomic E-state index is 12.3. The highest BCUT2D eigenvalue weighted by molar-refractivity contribution is 5.94. The lowest BCUT2D eigenvalue weighted by atomic mass is 10.1. The maximum Gasteiger partial charge on any atom is 0.251 e. The van der Waals surface area contributed by atoms with Gasteiger partial charge in [-0.05, 0) is 44.9 Å². The second kappa shape index (κ2) is 6.77. The van der Waals surface area contributed by atoms with Crippen LogP contribution in [-0.4, -0.2) is 29.0 Å². The molecule has 0 unspecified atom stereocenters. The average Bonchev–Trinajstić information content (AvgIpc) is 3.06. The van der Waals surface area contributed by atoms with Gasteiger partial charge in [0.25, 0.3) is 5.91 Å². The van der Waals surface area contributed by atoms with Crippen molar-refractivity contribution in [3.8, 4) is 0 Å². The minimum Gasteiger partial charge on any atom is -0.357 e. The van der Waals surface area contributed by atoms with Gasteiger partial charge in [-0.15, -0.1) is 0 Å². The lowest BCUT2D eigenvalue weighted by Gasteiger charge is -2.16. The normalized spacial score (nSPS) is 14.1. The number of anilines is 1. The smallest absolute Gasteiger partial charge is 0.251 e. The molecule has 1 amide bonds. The predicted molar refractivity (Wildman–Crippen MR) is 90.6 cm³/mol. The van der Waals surface area contributed by atoms with Crippen molar-refractivity contribution in [2.75, 3.05) is 18.0 Å². The molecular formula is C18H22N4O. The van der Waals surface area contributed by atoms with E-state index in [1.165, 1.54) is 12.8 Å². The molecule has 0 spiro atoms. The Kier molecular flexibility index (Phi) is 4.55. The van der Waals surface area contributed by atoms with Crippen molar-refractivity contribution in [1.82, 2.24) is 15.3 Å². The number of carbonyl (C=O) groups excluding carboxylic acids is 1. The fourth-order valence-corrected chi connectivity index (χ4v) is 2.96. The minimum absolute atomic E-state index is 0.0908. The second-order valence-electron chi connectivity index (χ2n) is 6.08. The van der Waals surface area contributed by atoms with Gasteiger partial charge >= 0.3 is 0 Å². The van der Waals surface area contributed by atoms with Gasteiger partial charge in [0.15, 0.2) is 0 Å². The molecule has 1 aliphatic heterocycles. The van der Waals surface area contributed by atoms with E-state index in [9.17, 15) is 4.79 Å². The first-order valence-electron chi connectivity index (χ1n) is 8.05. The van der Waals surface area contributed by atoms with Gasteiger partial charge in [0.2, 0.25) is 0 Å². The van der Waals surface area contributed by atoms with Crippen LogP contribution in [0.4, 0.5) is 5.82 Å². The molecule has 0 atom stereocenters. The number of aromatic nitrogens is 2. The number of amides is 1. The van der Waals surface area contributed by atoms with E-state index < -0.39 is 0 Å². The van der Waals surface area contributed by atoms with E-state index in [0.717, 1.165) is 30.0 Å². The van der Waals surface area contributed by atoms with E-state index in [0.29, 0.717) is 17.9 Å². The molecule has 0 radical (unpaired) electrons. The van der Waals surface area contributed by atoms with Crippen molar-refractivity contribution in [2.24, 2.45) is 0 Å². The van der Waals surface area contributed by atoms with Crippen molar-refractivity contribution < 1.29 is 4.79 Å². The zero-order valence-corrected chi connectivity index (χ0v) is 13.7. The van der Waals surface area contributed by atoms with Crippen LogP contribution in [0.5, 0.6) is 0 Å². The minimum atomic E-state index is -0.0908. The molecule has 1 N–H and O–H groups in total. The van der Waals surface area contributed by atoms with Gasteiger partial charge < -0.3 is 10.2 Å². The fourth-order valence-electron chi connectivity index (χ4n) is 2.96. The van der Waals surface area contributed by atoms with Crippen LogP contribution in [0.15, 0.2) is 30.5 Å². The Hall–Kier alpha value is -2.43. The topological polar surface area (TPSA) is 58.1 Å². The lowest BCUT2D eigenvalue weighted by molar-refractivity contribution is 0.0949. The molecule has 2 aromatic rings. The third-order valence-corrected chi connectivity index (χ3v) is 4.01. The quantitative estimate of drug-likeness (QED) is 0.943. The number of nitrogens with one attached hydrogen (secondary N) is 1. The Labute approximate surface area is 136 Å². The highest BCUT2D eigenvalue weighted by atomic mass is 16.1. The third kappa shape index (κ3) is 3.86. The highest BCUT2D eigenvalue weighted by Crippen LogP contribution is 2.17. The summed E-state index contributed by atoms with van der Waals surface area (Å²) in [7, 11) is 0. The van der Waals surface area contributed by atoms with Crippen molar-refractivity contribution in [2.45, 2.75) is 33.2 Å². The maximum atomic E-state index is 12.3. The van der Waals surface area contributed by atoms with Gasteiger partial charge in [0.1, 0.15) is 11.6 Å². The van der Waals surface area contributed by atoms with Crippen molar-refractivity contribution in [3.05, 3.63) is 53.0 Å². The molecule has 23 heavy (non-hydrogen) atoms. The summed E-state index contributed by atoms with van der Waals surface area (Å²) in [6.07, 6.45) is 4.19. The Morgan fingerprint density at radius 2 is 1.87 bits per heavy atom. The Morgan fingerprint density at radius 1 is 1.17 bits per heavy atom. The summed E-state index contributed by atoms with van der Waals surface area (Å²) >= 11 is 0. The second-order valence-corrected chi connectivity index (χ2v) is 6.08. The average molecular weight is 310 g/mol. The summed E-state index contributed by atoms with van der Waals surface area (Å²) in [5.41, 5.74) is 2.85. The summed E-state index contributed by atoms with van der Waals surface area (Å²) in [6, 6.07) is 7.77. The van der Waals surface area contributed by atoms with Crippen molar-refractivity contribution >= 4 is 11.7 Å². The van der Waals surface area contributed by atoms with Gasteiger partial charge in [-0.2, -0.15) is 0 Å². The standard InChI is InChI=1S/C18H22N4O/c1-13-9-14(2)11-15(10-13)18(23)20-12-16-19-6-5-17(21-16)22-7-3-4-8-22/h5-6,9-11H,3-4,7-8,12H2,1-2H3,(H,20,23). The first-order valence-corrected chi connectivity index (χ1v) is 8.05. The van der Waals surface area contributed by atoms with Gasteiger partial charge in [-0.1, -0.05) is 17.2 Å². The van der Waals surface area contributed by atoms with Gasteiger partial charge in [0, 0.05) is 24.8 Å². The van der Waals surface area contributed by atoms with Crippen LogP contribution in [0.25, 0.3) is 0 Å². The monoisotopic (exact) mass is 310 g/mol. The van der Waals surface area contributed by atoms with E-state index in [4.69, 9.17) is 0 Å². The van der Waals surface area contributed by atoms with Crippen LogP contribution < -0.4 is 10.2 Å². The van der Waals surface area contributed by atoms with Crippen LogP contribution in [0.2, 0.25) is 0 Å². The summed E-state index contributed by atoms with van der Waals surface area (Å²) in [5.74, 6) is 1.51. The molecular weight excluding hydrogens is 288 g/mol. The molecule has 2 heterocycles. The number of rotatable bonds is 4. The van der Waals surface area contributed by atoms with Gasteiger partial charge in [-0.25, -0.2) is 9.97 Å². The summed E-state index contributed by atoms with van der Waals surface area (Å²) in [6.45, 7) is 6.42. The van der Waals surface area contributed by atoms with Crippen molar-refractivity contribution in [1.29, 1.82) is 0 Å². The zero-order chi connectivity index (χ0) is 16.2. The van der Waals surface area contributed by atoms with Crippen molar-refractivity contribution in [3.63, 3.8) is 0 Å². The predicted octanol–water partition coefficient (Wildman–Crippen LogP) is 2.62. The molecule has 3 rings (SSSR count). The molecule has 1 saturated heterocycles. The Morgan fingerprint density at radius 3 is 2.57 bits per heavy atom.